The van der Waals surface area contributed by atoms with Gasteiger partial charge in [0.1, 0.15) is 11.5 Å². The first-order chi connectivity index (χ1) is 17.8. The highest BCUT2D eigenvalue weighted by Crippen LogP contribution is 2.18. The van der Waals surface area contributed by atoms with Gasteiger partial charge in [-0.05, 0) is 86.1 Å². The fourth-order valence-electron chi connectivity index (χ4n) is 3.64. The van der Waals surface area contributed by atoms with E-state index in [4.69, 9.17) is 9.47 Å². The van der Waals surface area contributed by atoms with E-state index in [0.717, 1.165) is 67.8 Å². The van der Waals surface area contributed by atoms with Crippen LogP contribution in [0.4, 0.5) is 11.4 Å². The van der Waals surface area contributed by atoms with Gasteiger partial charge in [-0.2, -0.15) is 0 Å². The van der Waals surface area contributed by atoms with E-state index < -0.39 is 0 Å². The highest BCUT2D eigenvalue weighted by molar-refractivity contribution is 5.91. The van der Waals surface area contributed by atoms with Gasteiger partial charge in [0.25, 0.3) is 0 Å². The van der Waals surface area contributed by atoms with Crippen molar-refractivity contribution in [3.05, 3.63) is 48.5 Å². The molecule has 0 unspecified atom stereocenters. The monoisotopic (exact) mass is 510 g/mol. The predicted molar refractivity (Wildman–Crippen MR) is 152 cm³/mol. The van der Waals surface area contributed by atoms with Crippen LogP contribution in [-0.2, 0) is 9.59 Å². The van der Waals surface area contributed by atoms with Gasteiger partial charge in [0.05, 0.1) is 13.2 Å². The molecule has 0 aliphatic carbocycles. The summed E-state index contributed by atoms with van der Waals surface area (Å²) in [5, 5.41) is 5.89. The summed E-state index contributed by atoms with van der Waals surface area (Å²) in [7, 11) is 0. The Morgan fingerprint density at radius 1 is 0.595 bits per heavy atom. The molecule has 2 aromatic carbocycles. The van der Waals surface area contributed by atoms with Gasteiger partial charge in [-0.25, -0.2) is 0 Å². The second-order valence-electron chi connectivity index (χ2n) is 10.5. The highest BCUT2D eigenvalue weighted by Gasteiger charge is 2.05. The molecule has 0 saturated heterocycles. The zero-order chi connectivity index (χ0) is 26.9. The van der Waals surface area contributed by atoms with Crippen molar-refractivity contribution >= 4 is 23.2 Å². The lowest BCUT2D eigenvalue weighted by Gasteiger charge is -2.10. The molecule has 0 aromatic heterocycles. The molecule has 204 valence electrons. The fourth-order valence-corrected chi connectivity index (χ4v) is 3.64. The molecular formula is C31H46N2O4. The smallest absolute Gasteiger partial charge is 0.224 e. The van der Waals surface area contributed by atoms with Crippen LogP contribution in [-0.4, -0.2) is 25.0 Å². The summed E-state index contributed by atoms with van der Waals surface area (Å²) in [6.07, 6.45) is 7.73. The Labute approximate surface area is 223 Å². The van der Waals surface area contributed by atoms with Crippen LogP contribution in [0.25, 0.3) is 0 Å². The van der Waals surface area contributed by atoms with Gasteiger partial charge in [-0.1, -0.05) is 47.0 Å². The maximum absolute atomic E-state index is 12.2. The third-order valence-corrected chi connectivity index (χ3v) is 6.01. The van der Waals surface area contributed by atoms with Crippen LogP contribution in [0, 0.1) is 11.8 Å². The van der Waals surface area contributed by atoms with E-state index in [0.29, 0.717) is 37.9 Å². The van der Waals surface area contributed by atoms with Crippen molar-refractivity contribution in [2.45, 2.75) is 85.5 Å². The topological polar surface area (TPSA) is 76.7 Å². The molecule has 0 aliphatic rings. The summed E-state index contributed by atoms with van der Waals surface area (Å²) in [6.45, 7) is 10.1. The Morgan fingerprint density at radius 3 is 1.30 bits per heavy atom. The van der Waals surface area contributed by atoms with E-state index in [-0.39, 0.29) is 11.8 Å². The van der Waals surface area contributed by atoms with Crippen molar-refractivity contribution in [2.75, 3.05) is 23.8 Å². The van der Waals surface area contributed by atoms with Crippen LogP contribution < -0.4 is 20.1 Å². The SMILES string of the molecule is CC(C)CCOc1ccc(NC(=O)CCCCCCCC(=O)Nc2ccc(OCCC(C)C)cc2)cc1. The Bertz CT molecular complexity index is 832. The van der Waals surface area contributed by atoms with Crippen molar-refractivity contribution in [2.24, 2.45) is 11.8 Å². The van der Waals surface area contributed by atoms with Gasteiger partial charge in [-0.15, -0.1) is 0 Å². The van der Waals surface area contributed by atoms with Gasteiger partial charge in [0.2, 0.25) is 11.8 Å². The number of unbranched alkanes of at least 4 members (excludes halogenated alkanes) is 4. The maximum atomic E-state index is 12.2. The van der Waals surface area contributed by atoms with Crippen LogP contribution in [0.2, 0.25) is 0 Å². The van der Waals surface area contributed by atoms with Crippen molar-refractivity contribution in [1.29, 1.82) is 0 Å². The number of hydrogen-bond acceptors (Lipinski definition) is 4. The number of benzene rings is 2. The summed E-state index contributed by atoms with van der Waals surface area (Å²) in [5.74, 6) is 2.95. The maximum Gasteiger partial charge on any atom is 0.224 e. The van der Waals surface area contributed by atoms with Crippen molar-refractivity contribution in [3.8, 4) is 11.5 Å². The molecule has 2 N–H and O–H groups in total. The molecule has 0 aliphatic heterocycles. The Kier molecular flexibility index (Phi) is 14.2. The first-order valence-corrected chi connectivity index (χ1v) is 13.9. The lowest BCUT2D eigenvalue weighted by molar-refractivity contribution is -0.117. The fraction of sp³-hybridized carbons (Fsp3) is 0.548. The molecule has 37 heavy (non-hydrogen) atoms. The molecule has 0 atom stereocenters. The second kappa shape index (κ2) is 17.4. The van der Waals surface area contributed by atoms with E-state index in [1.54, 1.807) is 0 Å². The molecule has 2 amide bonds. The van der Waals surface area contributed by atoms with Crippen molar-refractivity contribution < 1.29 is 19.1 Å². The summed E-state index contributed by atoms with van der Waals surface area (Å²) in [5.41, 5.74) is 1.58. The summed E-state index contributed by atoms with van der Waals surface area (Å²) < 4.78 is 11.4. The molecular weight excluding hydrogens is 464 g/mol. The van der Waals surface area contributed by atoms with E-state index >= 15 is 0 Å². The normalized spacial score (nSPS) is 11.0. The Hall–Kier alpha value is -3.02. The van der Waals surface area contributed by atoms with Gasteiger partial charge in [-0.3, -0.25) is 9.59 Å². The minimum atomic E-state index is 0.0317. The third-order valence-electron chi connectivity index (χ3n) is 6.01. The minimum absolute atomic E-state index is 0.0317. The molecule has 0 bridgehead atoms. The van der Waals surface area contributed by atoms with E-state index in [1.807, 2.05) is 48.5 Å². The predicted octanol–water partition coefficient (Wildman–Crippen LogP) is 7.84. The second-order valence-corrected chi connectivity index (χ2v) is 10.5. The number of ether oxygens (including phenoxy) is 2. The number of carbonyl (C=O) groups excluding carboxylic acids is 2. The standard InChI is InChI=1S/C31H46N2O4/c1-24(2)20-22-36-28-16-12-26(13-17-28)32-30(34)10-8-6-5-7-9-11-31(35)33-27-14-18-29(19-15-27)37-23-21-25(3)4/h12-19,24-25H,5-11,20-23H2,1-4H3,(H,32,34)(H,33,35). The summed E-state index contributed by atoms with van der Waals surface area (Å²) in [6, 6.07) is 15.1. The van der Waals surface area contributed by atoms with Gasteiger partial charge in [0.15, 0.2) is 0 Å². The first-order valence-electron chi connectivity index (χ1n) is 13.9. The lowest BCUT2D eigenvalue weighted by Crippen LogP contribution is -2.11. The van der Waals surface area contributed by atoms with E-state index in [1.165, 1.54) is 0 Å². The van der Waals surface area contributed by atoms with Crippen LogP contribution in [0.3, 0.4) is 0 Å². The number of anilines is 2. The van der Waals surface area contributed by atoms with Crippen LogP contribution in [0.1, 0.15) is 85.5 Å². The van der Waals surface area contributed by atoms with E-state index in [9.17, 15) is 9.59 Å². The average molecular weight is 511 g/mol. The van der Waals surface area contributed by atoms with Crippen molar-refractivity contribution in [3.63, 3.8) is 0 Å². The van der Waals surface area contributed by atoms with Gasteiger partial charge >= 0.3 is 0 Å². The number of nitrogens with one attached hydrogen (secondary N) is 2. The number of rotatable bonds is 18. The number of carbonyl (C=O) groups is 2. The molecule has 0 fully saturated rings. The van der Waals surface area contributed by atoms with Crippen LogP contribution >= 0.6 is 0 Å². The highest BCUT2D eigenvalue weighted by atomic mass is 16.5. The number of amides is 2. The zero-order valence-corrected chi connectivity index (χ0v) is 23.2. The summed E-state index contributed by atoms with van der Waals surface area (Å²) in [4.78, 5) is 24.4. The molecule has 2 aromatic rings. The van der Waals surface area contributed by atoms with Crippen molar-refractivity contribution in [1.82, 2.24) is 0 Å². The molecule has 6 nitrogen and oxygen atoms in total. The van der Waals surface area contributed by atoms with E-state index in [2.05, 4.69) is 38.3 Å². The summed E-state index contributed by atoms with van der Waals surface area (Å²) >= 11 is 0. The molecule has 2 rings (SSSR count). The van der Waals surface area contributed by atoms with Crippen LogP contribution in [0.5, 0.6) is 11.5 Å². The number of hydrogen-bond donors (Lipinski definition) is 2. The van der Waals surface area contributed by atoms with Crippen LogP contribution in [0.15, 0.2) is 48.5 Å². The third kappa shape index (κ3) is 14.3. The zero-order valence-electron chi connectivity index (χ0n) is 23.2. The van der Waals surface area contributed by atoms with Gasteiger partial charge < -0.3 is 20.1 Å². The molecule has 6 heteroatoms. The first kappa shape index (κ1) is 30.2. The minimum Gasteiger partial charge on any atom is -0.494 e. The largest absolute Gasteiger partial charge is 0.494 e. The van der Waals surface area contributed by atoms with Gasteiger partial charge in [0, 0.05) is 24.2 Å². The molecule has 0 saturated carbocycles. The molecule has 0 radical (unpaired) electrons. The molecule has 0 spiro atoms. The molecule has 0 heterocycles. The average Bonchev–Trinajstić information content (AvgIpc) is 2.85. The Morgan fingerprint density at radius 2 is 0.946 bits per heavy atom. The Balaban J connectivity index is 1.50. The quantitative estimate of drug-likeness (QED) is 0.200. The lowest BCUT2D eigenvalue weighted by atomic mass is 10.1.